The van der Waals surface area contributed by atoms with E-state index in [2.05, 4.69) is 30.1 Å². The number of hydrogen-bond acceptors (Lipinski definition) is 3. The van der Waals surface area contributed by atoms with Crippen LogP contribution in [0.3, 0.4) is 0 Å². The number of nitrogens with zero attached hydrogens (tertiary/aromatic N) is 1. The third-order valence-electron chi connectivity index (χ3n) is 4.02. The number of benzene rings is 1. The number of ether oxygens (including phenoxy) is 1. The van der Waals surface area contributed by atoms with Gasteiger partial charge in [-0.2, -0.15) is 5.10 Å². The molecule has 2 rings (SSSR count). The molecule has 0 aliphatic carbocycles. The second kappa shape index (κ2) is 6.76. The molecule has 2 N–H and O–H groups in total. The number of aliphatic hydroxyl groups excluding tert-OH is 1. The maximum atomic E-state index is 9.47. The predicted octanol–water partition coefficient (Wildman–Crippen LogP) is 3.86. The summed E-state index contributed by atoms with van der Waals surface area (Å²) >= 11 is 0. The van der Waals surface area contributed by atoms with Crippen molar-refractivity contribution in [3.05, 3.63) is 46.8 Å². The second-order valence-electron chi connectivity index (χ2n) is 5.48. The fourth-order valence-corrected chi connectivity index (χ4v) is 2.47. The average Bonchev–Trinajstić information content (AvgIpc) is 2.88. The molecule has 0 fully saturated rings. The maximum absolute atomic E-state index is 9.47. The molecule has 2 atom stereocenters. The van der Waals surface area contributed by atoms with Gasteiger partial charge >= 0.3 is 0 Å². The Morgan fingerprint density at radius 2 is 2.00 bits per heavy atom. The van der Waals surface area contributed by atoms with Crippen LogP contribution >= 0.6 is 0 Å². The third-order valence-corrected chi connectivity index (χ3v) is 4.02. The predicted molar refractivity (Wildman–Crippen MR) is 83.4 cm³/mol. The Kier molecular flexibility index (Phi) is 5.02. The normalized spacial score (nSPS) is 14.0. The molecule has 0 amide bonds. The molecule has 0 saturated carbocycles. The van der Waals surface area contributed by atoms with Crippen molar-refractivity contribution < 1.29 is 9.84 Å². The Morgan fingerprint density at radius 1 is 1.29 bits per heavy atom. The Labute approximate surface area is 126 Å². The van der Waals surface area contributed by atoms with Gasteiger partial charge in [-0.15, -0.1) is 0 Å². The zero-order valence-corrected chi connectivity index (χ0v) is 13.2. The molecule has 0 aliphatic heterocycles. The highest BCUT2D eigenvalue weighted by Gasteiger charge is 2.19. The summed E-state index contributed by atoms with van der Waals surface area (Å²) in [5, 5.41) is 16.6. The van der Waals surface area contributed by atoms with E-state index in [0.717, 1.165) is 29.1 Å². The molecule has 4 nitrogen and oxygen atoms in total. The number of rotatable bonds is 6. The molecule has 0 radical (unpaired) electrons. The third kappa shape index (κ3) is 3.27. The minimum Gasteiger partial charge on any atom is -0.484 e. The van der Waals surface area contributed by atoms with E-state index in [1.807, 2.05) is 32.0 Å². The first-order valence-electron chi connectivity index (χ1n) is 7.48. The number of para-hydroxylation sites is 1. The van der Waals surface area contributed by atoms with Crippen LogP contribution in [0.15, 0.2) is 24.3 Å². The molecule has 0 saturated heterocycles. The SMILES string of the molecule is CCC(C)c1ccccc1OC(C)c1n[nH]c(C)c1CO. The van der Waals surface area contributed by atoms with Gasteiger partial charge in [0.15, 0.2) is 0 Å². The van der Waals surface area contributed by atoms with Crippen LogP contribution in [0.1, 0.15) is 61.7 Å². The minimum atomic E-state index is -0.206. The molecular weight excluding hydrogens is 264 g/mol. The first-order valence-corrected chi connectivity index (χ1v) is 7.48. The van der Waals surface area contributed by atoms with Crippen molar-refractivity contribution in [1.29, 1.82) is 0 Å². The van der Waals surface area contributed by atoms with Gasteiger partial charge < -0.3 is 9.84 Å². The number of H-pyrrole nitrogens is 1. The van der Waals surface area contributed by atoms with E-state index in [9.17, 15) is 5.11 Å². The topological polar surface area (TPSA) is 58.1 Å². The van der Waals surface area contributed by atoms with Gasteiger partial charge in [0.05, 0.1) is 6.61 Å². The largest absolute Gasteiger partial charge is 0.484 e. The molecule has 1 aromatic carbocycles. The number of aryl methyl sites for hydroxylation is 1. The van der Waals surface area contributed by atoms with Crippen molar-refractivity contribution in [2.45, 2.75) is 52.7 Å². The molecule has 2 unspecified atom stereocenters. The monoisotopic (exact) mass is 288 g/mol. The van der Waals surface area contributed by atoms with E-state index in [1.165, 1.54) is 5.56 Å². The van der Waals surface area contributed by atoms with Gasteiger partial charge in [-0.3, -0.25) is 5.10 Å². The number of aliphatic hydroxyl groups is 1. The Bertz CT molecular complexity index is 592. The van der Waals surface area contributed by atoms with Crippen LogP contribution in [-0.2, 0) is 6.61 Å². The summed E-state index contributed by atoms with van der Waals surface area (Å²) in [4.78, 5) is 0. The summed E-state index contributed by atoms with van der Waals surface area (Å²) in [6, 6.07) is 8.13. The van der Waals surface area contributed by atoms with Crippen molar-refractivity contribution in [1.82, 2.24) is 10.2 Å². The fourth-order valence-electron chi connectivity index (χ4n) is 2.47. The standard InChI is InChI=1S/C17H24N2O2/c1-5-11(2)14-8-6-7-9-16(14)21-13(4)17-15(10-20)12(3)18-19-17/h6-9,11,13,20H,5,10H2,1-4H3,(H,18,19). The Hall–Kier alpha value is -1.81. The molecule has 21 heavy (non-hydrogen) atoms. The minimum absolute atomic E-state index is 0.0294. The molecule has 1 aromatic heterocycles. The summed E-state index contributed by atoms with van der Waals surface area (Å²) < 4.78 is 6.12. The zero-order chi connectivity index (χ0) is 15.4. The van der Waals surface area contributed by atoms with Crippen molar-refractivity contribution in [3.8, 4) is 5.75 Å². The lowest BCUT2D eigenvalue weighted by molar-refractivity contribution is 0.211. The Morgan fingerprint density at radius 3 is 2.67 bits per heavy atom. The summed E-state index contributed by atoms with van der Waals surface area (Å²) in [7, 11) is 0. The van der Waals surface area contributed by atoms with Crippen LogP contribution in [-0.4, -0.2) is 15.3 Å². The lowest BCUT2D eigenvalue weighted by Crippen LogP contribution is -2.08. The maximum Gasteiger partial charge on any atom is 0.140 e. The molecular formula is C17H24N2O2. The molecule has 2 aromatic rings. The molecule has 1 heterocycles. The lowest BCUT2D eigenvalue weighted by atomic mass is 9.98. The first kappa shape index (κ1) is 15.6. The molecule has 114 valence electrons. The van der Waals surface area contributed by atoms with Gasteiger partial charge in [-0.25, -0.2) is 0 Å². The number of aromatic nitrogens is 2. The zero-order valence-electron chi connectivity index (χ0n) is 13.2. The van der Waals surface area contributed by atoms with Crippen molar-refractivity contribution in [3.63, 3.8) is 0 Å². The number of aromatic amines is 1. The van der Waals surface area contributed by atoms with Crippen molar-refractivity contribution >= 4 is 0 Å². The van der Waals surface area contributed by atoms with Gasteiger partial charge in [0.1, 0.15) is 17.5 Å². The van der Waals surface area contributed by atoms with Gasteiger partial charge in [0, 0.05) is 11.3 Å². The highest BCUT2D eigenvalue weighted by Crippen LogP contribution is 2.32. The van der Waals surface area contributed by atoms with Crippen molar-refractivity contribution in [2.75, 3.05) is 0 Å². The smallest absolute Gasteiger partial charge is 0.140 e. The van der Waals surface area contributed by atoms with Crippen LogP contribution in [0, 0.1) is 6.92 Å². The van der Waals surface area contributed by atoms with E-state index in [4.69, 9.17) is 4.74 Å². The van der Waals surface area contributed by atoms with Gasteiger partial charge in [-0.1, -0.05) is 32.0 Å². The van der Waals surface area contributed by atoms with Crippen LogP contribution in [0.5, 0.6) is 5.75 Å². The quantitative estimate of drug-likeness (QED) is 0.848. The molecule has 0 spiro atoms. The highest BCUT2D eigenvalue weighted by molar-refractivity contribution is 5.37. The van der Waals surface area contributed by atoms with Crippen LogP contribution in [0.4, 0.5) is 0 Å². The average molecular weight is 288 g/mol. The van der Waals surface area contributed by atoms with Crippen LogP contribution < -0.4 is 4.74 Å². The summed E-state index contributed by atoms with van der Waals surface area (Å²) in [5.41, 5.74) is 3.69. The van der Waals surface area contributed by atoms with Gasteiger partial charge in [0.25, 0.3) is 0 Å². The summed E-state index contributed by atoms with van der Waals surface area (Å²) in [6.07, 6.45) is 0.861. The first-order chi connectivity index (χ1) is 10.1. The van der Waals surface area contributed by atoms with E-state index >= 15 is 0 Å². The van der Waals surface area contributed by atoms with E-state index in [0.29, 0.717) is 5.92 Å². The molecule has 0 bridgehead atoms. The second-order valence-corrected chi connectivity index (χ2v) is 5.48. The van der Waals surface area contributed by atoms with E-state index in [1.54, 1.807) is 0 Å². The summed E-state index contributed by atoms with van der Waals surface area (Å²) in [6.45, 7) is 8.21. The lowest BCUT2D eigenvalue weighted by Gasteiger charge is -2.19. The fraction of sp³-hybridized carbons (Fsp3) is 0.471. The molecule has 0 aliphatic rings. The molecule has 4 heteroatoms. The number of hydrogen-bond donors (Lipinski definition) is 2. The van der Waals surface area contributed by atoms with E-state index in [-0.39, 0.29) is 12.7 Å². The highest BCUT2D eigenvalue weighted by atomic mass is 16.5. The van der Waals surface area contributed by atoms with Crippen molar-refractivity contribution in [2.24, 2.45) is 0 Å². The summed E-state index contributed by atoms with van der Waals surface area (Å²) in [5.74, 6) is 1.34. The van der Waals surface area contributed by atoms with E-state index < -0.39 is 0 Å². The Balaban J connectivity index is 2.25. The van der Waals surface area contributed by atoms with Gasteiger partial charge in [0.2, 0.25) is 0 Å². The van der Waals surface area contributed by atoms with Gasteiger partial charge in [-0.05, 0) is 37.8 Å². The van der Waals surface area contributed by atoms with Crippen LogP contribution in [0.25, 0.3) is 0 Å². The number of nitrogens with one attached hydrogen (secondary N) is 1. The van der Waals surface area contributed by atoms with Crippen LogP contribution in [0.2, 0.25) is 0 Å².